The van der Waals surface area contributed by atoms with Crippen LogP contribution in [0.3, 0.4) is 0 Å². The molecule has 3 heterocycles. The number of hydrogen-bond acceptors (Lipinski definition) is 6. The van der Waals surface area contributed by atoms with Crippen LogP contribution in [0.4, 0.5) is 0 Å². The second-order valence-electron chi connectivity index (χ2n) is 6.73. The van der Waals surface area contributed by atoms with Crippen LogP contribution < -0.4 is 0 Å². The maximum Gasteiger partial charge on any atom is 0.266 e. The smallest absolute Gasteiger partial charge is 0.266 e. The minimum atomic E-state index is -0.169. The number of allylic oxidation sites excluding steroid dienone is 2. The Kier molecular flexibility index (Phi) is 7.47. The predicted molar refractivity (Wildman–Crippen MR) is 113 cm³/mol. The van der Waals surface area contributed by atoms with E-state index in [2.05, 4.69) is 0 Å². The molecule has 0 bridgehead atoms. The predicted octanol–water partition coefficient (Wildman–Crippen LogP) is 3.19. The molecule has 0 aromatic carbocycles. The SMILES string of the molecule is O=C1C(=CC=Cc2ccco2)SC(=S)N1CCC(=O)N1CCCCC1CCO. The Morgan fingerprint density at radius 2 is 2.29 bits per heavy atom. The van der Waals surface area contributed by atoms with Crippen LogP contribution in [0, 0.1) is 0 Å². The Morgan fingerprint density at radius 3 is 3.04 bits per heavy atom. The van der Waals surface area contributed by atoms with Crippen molar-refractivity contribution in [1.29, 1.82) is 0 Å². The second-order valence-corrected chi connectivity index (χ2v) is 8.40. The van der Waals surface area contributed by atoms with Crippen molar-refractivity contribution in [2.45, 2.75) is 38.1 Å². The minimum Gasteiger partial charge on any atom is -0.465 e. The fourth-order valence-corrected chi connectivity index (χ4v) is 4.71. The maximum absolute atomic E-state index is 12.7. The highest BCUT2D eigenvalue weighted by atomic mass is 32.2. The van der Waals surface area contributed by atoms with E-state index in [4.69, 9.17) is 16.6 Å². The van der Waals surface area contributed by atoms with Crippen LogP contribution in [0.1, 0.15) is 37.9 Å². The highest BCUT2D eigenvalue weighted by Gasteiger charge is 2.33. The molecule has 0 radical (unpaired) electrons. The summed E-state index contributed by atoms with van der Waals surface area (Å²) in [6.07, 6.45) is 10.7. The molecular formula is C20H24N2O4S2. The van der Waals surface area contributed by atoms with E-state index in [-0.39, 0.29) is 37.4 Å². The number of piperidine rings is 1. The number of nitrogens with zero attached hydrogens (tertiary/aromatic N) is 2. The monoisotopic (exact) mass is 420 g/mol. The lowest BCUT2D eigenvalue weighted by Crippen LogP contribution is -2.45. The molecule has 1 aromatic rings. The third-order valence-corrected chi connectivity index (χ3v) is 6.28. The van der Waals surface area contributed by atoms with Crippen molar-refractivity contribution in [1.82, 2.24) is 9.80 Å². The summed E-state index contributed by atoms with van der Waals surface area (Å²) in [6, 6.07) is 3.72. The van der Waals surface area contributed by atoms with Gasteiger partial charge in [-0.2, -0.15) is 0 Å². The number of likely N-dealkylation sites (tertiary alicyclic amines) is 1. The number of furan rings is 1. The first-order chi connectivity index (χ1) is 13.6. The Morgan fingerprint density at radius 1 is 1.43 bits per heavy atom. The topological polar surface area (TPSA) is 74.0 Å². The molecule has 1 atom stereocenters. The van der Waals surface area contributed by atoms with Gasteiger partial charge < -0.3 is 14.4 Å². The van der Waals surface area contributed by atoms with Gasteiger partial charge in [0.15, 0.2) is 0 Å². The molecule has 1 N–H and O–H groups in total. The third kappa shape index (κ3) is 5.12. The lowest BCUT2D eigenvalue weighted by atomic mass is 9.99. The van der Waals surface area contributed by atoms with Crippen LogP contribution in [-0.2, 0) is 9.59 Å². The van der Waals surface area contributed by atoms with Crippen LogP contribution >= 0.6 is 24.0 Å². The molecule has 2 aliphatic heterocycles. The van der Waals surface area contributed by atoms with Gasteiger partial charge in [-0.15, -0.1) is 0 Å². The van der Waals surface area contributed by atoms with Gasteiger partial charge in [-0.1, -0.05) is 30.1 Å². The molecule has 2 fully saturated rings. The number of carbonyl (C=O) groups excluding carboxylic acids is 2. The first-order valence-electron chi connectivity index (χ1n) is 9.46. The van der Waals surface area contributed by atoms with E-state index < -0.39 is 0 Å². The number of thioether (sulfide) groups is 1. The highest BCUT2D eigenvalue weighted by Crippen LogP contribution is 2.31. The fourth-order valence-electron chi connectivity index (χ4n) is 3.45. The quantitative estimate of drug-likeness (QED) is 0.539. The van der Waals surface area contributed by atoms with Crippen LogP contribution in [0.25, 0.3) is 6.08 Å². The number of aliphatic hydroxyl groups is 1. The highest BCUT2D eigenvalue weighted by molar-refractivity contribution is 8.26. The summed E-state index contributed by atoms with van der Waals surface area (Å²) in [5.74, 6) is 0.558. The molecule has 0 saturated carbocycles. The molecule has 1 unspecified atom stereocenters. The van der Waals surface area contributed by atoms with Gasteiger partial charge in [0.05, 0.1) is 11.2 Å². The molecule has 6 nitrogen and oxygen atoms in total. The summed E-state index contributed by atoms with van der Waals surface area (Å²) >= 11 is 6.57. The summed E-state index contributed by atoms with van der Waals surface area (Å²) in [5.41, 5.74) is 0. The lowest BCUT2D eigenvalue weighted by molar-refractivity contribution is -0.135. The Bertz CT molecular complexity index is 771. The van der Waals surface area contributed by atoms with Crippen molar-refractivity contribution in [3.63, 3.8) is 0 Å². The molecule has 2 amide bonds. The molecule has 28 heavy (non-hydrogen) atoms. The molecule has 8 heteroatoms. The normalized spacial score (nSPS) is 22.0. The Labute approximate surface area is 174 Å². The summed E-state index contributed by atoms with van der Waals surface area (Å²) in [6.45, 7) is 1.09. The van der Waals surface area contributed by atoms with Gasteiger partial charge in [-0.3, -0.25) is 14.5 Å². The number of hydrogen-bond donors (Lipinski definition) is 1. The van der Waals surface area contributed by atoms with E-state index in [1.807, 2.05) is 11.0 Å². The standard InChI is InChI=1S/C20H24N2O4S2/c23-13-10-15-5-1-2-11-21(15)18(24)9-12-22-19(25)17(28-20(22)27)8-3-6-16-7-4-14-26-16/h3-4,6-8,14-15,23H,1-2,5,9-13H2. The summed E-state index contributed by atoms with van der Waals surface area (Å²) < 4.78 is 5.69. The van der Waals surface area contributed by atoms with E-state index in [1.165, 1.54) is 16.7 Å². The average molecular weight is 421 g/mol. The van der Waals surface area contributed by atoms with Crippen molar-refractivity contribution in [3.05, 3.63) is 41.2 Å². The third-order valence-electron chi connectivity index (χ3n) is 4.88. The first kappa shape index (κ1) is 20.8. The van der Waals surface area contributed by atoms with Crippen LogP contribution in [0.2, 0.25) is 0 Å². The molecule has 0 aliphatic carbocycles. The fraction of sp³-hybridized carbons (Fsp3) is 0.450. The van der Waals surface area contributed by atoms with Gasteiger partial charge in [0.25, 0.3) is 5.91 Å². The molecule has 3 rings (SSSR count). The zero-order valence-corrected chi connectivity index (χ0v) is 17.2. The number of rotatable bonds is 7. The van der Waals surface area contributed by atoms with Gasteiger partial charge >= 0.3 is 0 Å². The first-order valence-corrected chi connectivity index (χ1v) is 10.7. The van der Waals surface area contributed by atoms with Crippen LogP contribution in [0.5, 0.6) is 0 Å². The van der Waals surface area contributed by atoms with Crippen molar-refractivity contribution < 1.29 is 19.1 Å². The lowest BCUT2D eigenvalue weighted by Gasteiger charge is -2.36. The summed E-state index contributed by atoms with van der Waals surface area (Å²) in [7, 11) is 0. The van der Waals surface area contributed by atoms with Gasteiger partial charge in [0.2, 0.25) is 5.91 Å². The van der Waals surface area contributed by atoms with Gasteiger partial charge in [0.1, 0.15) is 10.1 Å². The minimum absolute atomic E-state index is 0.0221. The summed E-state index contributed by atoms with van der Waals surface area (Å²) in [4.78, 5) is 29.2. The number of carbonyl (C=O) groups is 2. The van der Waals surface area contributed by atoms with E-state index in [1.54, 1.807) is 30.6 Å². The number of aliphatic hydroxyl groups excluding tert-OH is 1. The zero-order chi connectivity index (χ0) is 19.9. The van der Waals surface area contributed by atoms with Crippen molar-refractivity contribution in [2.24, 2.45) is 0 Å². The largest absolute Gasteiger partial charge is 0.465 e. The van der Waals surface area contributed by atoms with E-state index in [0.29, 0.717) is 21.4 Å². The number of amides is 2. The number of thiocarbonyl (C=S) groups is 1. The Hall–Kier alpha value is -1.90. The van der Waals surface area contributed by atoms with Crippen LogP contribution in [-0.4, -0.2) is 56.8 Å². The molecule has 0 spiro atoms. The van der Waals surface area contributed by atoms with Crippen molar-refractivity contribution in [2.75, 3.05) is 19.7 Å². The van der Waals surface area contributed by atoms with Gasteiger partial charge in [-0.05, 0) is 50.0 Å². The molecule has 2 saturated heterocycles. The molecular weight excluding hydrogens is 396 g/mol. The average Bonchev–Trinajstić information content (AvgIpc) is 3.29. The maximum atomic E-state index is 12.7. The van der Waals surface area contributed by atoms with Gasteiger partial charge in [0, 0.05) is 32.2 Å². The van der Waals surface area contributed by atoms with Crippen molar-refractivity contribution >= 4 is 46.2 Å². The van der Waals surface area contributed by atoms with E-state index in [0.717, 1.165) is 25.8 Å². The molecule has 1 aromatic heterocycles. The second kappa shape index (κ2) is 10.0. The summed E-state index contributed by atoms with van der Waals surface area (Å²) in [5, 5.41) is 9.22. The van der Waals surface area contributed by atoms with E-state index >= 15 is 0 Å². The van der Waals surface area contributed by atoms with Crippen molar-refractivity contribution in [3.8, 4) is 0 Å². The van der Waals surface area contributed by atoms with Crippen LogP contribution in [0.15, 0.2) is 39.9 Å². The Balaban J connectivity index is 1.56. The zero-order valence-electron chi connectivity index (χ0n) is 15.6. The van der Waals surface area contributed by atoms with E-state index in [9.17, 15) is 14.7 Å². The van der Waals surface area contributed by atoms with Gasteiger partial charge in [-0.25, -0.2) is 0 Å². The molecule has 2 aliphatic rings. The molecule has 150 valence electrons.